The number of nitrogens with two attached hydrogens (primary N) is 1. The highest BCUT2D eigenvalue weighted by molar-refractivity contribution is 5.96. The largest absolute Gasteiger partial charge is 0.454 e. The SMILES string of the molecule is NC(=O)C1CCN(C(=O)COC(=O)CNC(=O)c2ccccc2F)CC1. The first-order valence-electron chi connectivity index (χ1n) is 8.14. The average Bonchev–Trinajstić information content (AvgIpc) is 2.64. The van der Waals surface area contributed by atoms with E-state index in [9.17, 15) is 23.6 Å². The molecule has 9 heteroatoms. The van der Waals surface area contributed by atoms with E-state index < -0.39 is 30.8 Å². The zero-order chi connectivity index (χ0) is 19.1. The zero-order valence-corrected chi connectivity index (χ0v) is 14.1. The van der Waals surface area contributed by atoms with E-state index in [4.69, 9.17) is 10.5 Å². The van der Waals surface area contributed by atoms with Gasteiger partial charge in [-0.15, -0.1) is 0 Å². The van der Waals surface area contributed by atoms with Crippen molar-refractivity contribution in [3.63, 3.8) is 0 Å². The van der Waals surface area contributed by atoms with Crippen LogP contribution < -0.4 is 11.1 Å². The van der Waals surface area contributed by atoms with Crippen molar-refractivity contribution < 1.29 is 28.3 Å². The summed E-state index contributed by atoms with van der Waals surface area (Å²) in [6, 6.07) is 5.36. The highest BCUT2D eigenvalue weighted by atomic mass is 19.1. The van der Waals surface area contributed by atoms with E-state index in [-0.39, 0.29) is 23.3 Å². The van der Waals surface area contributed by atoms with Crippen molar-refractivity contribution >= 4 is 23.7 Å². The third-order valence-electron chi connectivity index (χ3n) is 4.12. The van der Waals surface area contributed by atoms with Gasteiger partial charge in [0.05, 0.1) is 5.56 Å². The Morgan fingerprint density at radius 3 is 2.46 bits per heavy atom. The first kappa shape index (κ1) is 19.4. The maximum Gasteiger partial charge on any atom is 0.325 e. The van der Waals surface area contributed by atoms with Gasteiger partial charge in [0.15, 0.2) is 6.61 Å². The molecule has 3 amide bonds. The first-order valence-corrected chi connectivity index (χ1v) is 8.14. The molecule has 0 bridgehead atoms. The molecule has 8 nitrogen and oxygen atoms in total. The van der Waals surface area contributed by atoms with Crippen LogP contribution in [0.15, 0.2) is 24.3 Å². The molecule has 0 aromatic heterocycles. The molecule has 0 saturated carbocycles. The Hall–Kier alpha value is -2.97. The molecule has 1 saturated heterocycles. The van der Waals surface area contributed by atoms with Crippen molar-refractivity contribution in [3.05, 3.63) is 35.6 Å². The third-order valence-corrected chi connectivity index (χ3v) is 4.12. The van der Waals surface area contributed by atoms with Gasteiger partial charge in [0, 0.05) is 19.0 Å². The number of hydrogen-bond donors (Lipinski definition) is 2. The van der Waals surface area contributed by atoms with E-state index in [0.29, 0.717) is 25.9 Å². The minimum Gasteiger partial charge on any atom is -0.454 e. The summed E-state index contributed by atoms with van der Waals surface area (Å²) in [6.07, 6.45) is 0.960. The number of esters is 1. The summed E-state index contributed by atoms with van der Waals surface area (Å²) >= 11 is 0. The summed E-state index contributed by atoms with van der Waals surface area (Å²) in [5, 5.41) is 2.23. The van der Waals surface area contributed by atoms with Crippen molar-refractivity contribution in [1.82, 2.24) is 10.2 Å². The summed E-state index contributed by atoms with van der Waals surface area (Å²) in [6.45, 7) is -0.206. The van der Waals surface area contributed by atoms with E-state index in [0.717, 1.165) is 6.07 Å². The zero-order valence-electron chi connectivity index (χ0n) is 14.1. The molecule has 1 heterocycles. The molecule has 1 aliphatic rings. The molecule has 1 aromatic rings. The second kappa shape index (κ2) is 8.93. The van der Waals surface area contributed by atoms with Crippen molar-refractivity contribution in [2.45, 2.75) is 12.8 Å². The second-order valence-electron chi connectivity index (χ2n) is 5.88. The van der Waals surface area contributed by atoms with Gasteiger partial charge in [-0.3, -0.25) is 19.2 Å². The molecular weight excluding hydrogens is 345 g/mol. The molecule has 26 heavy (non-hydrogen) atoms. The molecule has 140 valence electrons. The molecule has 0 unspecified atom stereocenters. The molecule has 3 N–H and O–H groups in total. The standard InChI is InChI=1S/C17H20FN3O5/c18-13-4-2-1-3-12(13)17(25)20-9-15(23)26-10-14(22)21-7-5-11(6-8-21)16(19)24/h1-4,11H,5-10H2,(H2,19,24)(H,20,25). The van der Waals surface area contributed by atoms with E-state index in [1.165, 1.54) is 23.1 Å². The van der Waals surface area contributed by atoms with Crippen molar-refractivity contribution in [1.29, 1.82) is 0 Å². The van der Waals surface area contributed by atoms with Crippen LogP contribution in [0.4, 0.5) is 4.39 Å². The van der Waals surface area contributed by atoms with Gasteiger partial charge < -0.3 is 20.7 Å². The number of carbonyl (C=O) groups is 4. The van der Waals surface area contributed by atoms with Gasteiger partial charge in [0.2, 0.25) is 5.91 Å². The maximum atomic E-state index is 13.4. The molecule has 0 spiro atoms. The lowest BCUT2D eigenvalue weighted by molar-refractivity contribution is -0.151. The molecule has 1 aliphatic heterocycles. The summed E-state index contributed by atoms with van der Waals surface area (Å²) in [5.41, 5.74) is 5.04. The number of rotatable bonds is 6. The van der Waals surface area contributed by atoms with Crippen LogP contribution in [0.3, 0.4) is 0 Å². The van der Waals surface area contributed by atoms with Gasteiger partial charge >= 0.3 is 5.97 Å². The minimum absolute atomic E-state index is 0.186. The highest BCUT2D eigenvalue weighted by Gasteiger charge is 2.26. The summed E-state index contributed by atoms with van der Waals surface area (Å²) in [5.74, 6) is -3.27. The second-order valence-corrected chi connectivity index (χ2v) is 5.88. The Balaban J connectivity index is 1.70. The predicted octanol–water partition coefficient (Wildman–Crippen LogP) is -0.177. The van der Waals surface area contributed by atoms with Crippen LogP contribution in [0.5, 0.6) is 0 Å². The lowest BCUT2D eigenvalue weighted by Crippen LogP contribution is -2.43. The number of nitrogens with zero attached hydrogens (tertiary/aromatic N) is 1. The number of nitrogens with one attached hydrogen (secondary N) is 1. The Labute approximate surface area is 149 Å². The number of benzene rings is 1. The van der Waals surface area contributed by atoms with Crippen LogP contribution in [0, 0.1) is 11.7 Å². The highest BCUT2D eigenvalue weighted by Crippen LogP contribution is 2.16. The minimum atomic E-state index is -0.810. The fourth-order valence-electron chi connectivity index (χ4n) is 2.59. The van der Waals surface area contributed by atoms with Crippen molar-refractivity contribution in [2.24, 2.45) is 11.7 Å². The number of amides is 3. The molecule has 0 aliphatic carbocycles. The maximum absolute atomic E-state index is 13.4. The lowest BCUT2D eigenvalue weighted by atomic mass is 9.96. The normalized spacial score (nSPS) is 14.6. The van der Waals surface area contributed by atoms with Gasteiger partial charge in [-0.1, -0.05) is 12.1 Å². The van der Waals surface area contributed by atoms with Gasteiger partial charge in [0.1, 0.15) is 12.4 Å². The van der Waals surface area contributed by atoms with Crippen molar-refractivity contribution in [3.8, 4) is 0 Å². The molecule has 0 radical (unpaired) electrons. The van der Waals surface area contributed by atoms with Crippen LogP contribution in [-0.4, -0.2) is 54.8 Å². The van der Waals surface area contributed by atoms with Crippen LogP contribution in [0.2, 0.25) is 0 Å². The molecule has 1 aromatic carbocycles. The quantitative estimate of drug-likeness (QED) is 0.678. The Kier molecular flexibility index (Phi) is 6.65. The fraction of sp³-hybridized carbons (Fsp3) is 0.412. The fourth-order valence-corrected chi connectivity index (χ4v) is 2.59. The molecule has 2 rings (SSSR count). The van der Waals surface area contributed by atoms with Gasteiger partial charge in [-0.05, 0) is 25.0 Å². The van der Waals surface area contributed by atoms with Gasteiger partial charge in [-0.25, -0.2) is 4.39 Å². The molecular formula is C17H20FN3O5. The number of ether oxygens (including phenoxy) is 1. The smallest absolute Gasteiger partial charge is 0.325 e. The monoisotopic (exact) mass is 365 g/mol. The van der Waals surface area contributed by atoms with Crippen LogP contribution >= 0.6 is 0 Å². The summed E-state index contributed by atoms with van der Waals surface area (Å²) < 4.78 is 18.3. The Morgan fingerprint density at radius 2 is 1.85 bits per heavy atom. The predicted molar refractivity (Wildman–Crippen MR) is 88.2 cm³/mol. The number of halogens is 1. The lowest BCUT2D eigenvalue weighted by Gasteiger charge is -2.30. The Morgan fingerprint density at radius 1 is 1.19 bits per heavy atom. The first-order chi connectivity index (χ1) is 12.4. The number of piperidine rings is 1. The summed E-state index contributed by atoms with van der Waals surface area (Å²) in [7, 11) is 0. The number of likely N-dealkylation sites (tertiary alicyclic amines) is 1. The van der Waals surface area contributed by atoms with E-state index in [1.807, 2.05) is 0 Å². The summed E-state index contributed by atoms with van der Waals surface area (Å²) in [4.78, 5) is 48.0. The number of primary amides is 1. The van der Waals surface area contributed by atoms with Crippen LogP contribution in [-0.2, 0) is 19.1 Å². The number of carbonyl (C=O) groups excluding carboxylic acids is 4. The van der Waals surface area contributed by atoms with Crippen LogP contribution in [0.25, 0.3) is 0 Å². The van der Waals surface area contributed by atoms with Gasteiger partial charge in [0.25, 0.3) is 11.8 Å². The number of hydrogen-bond acceptors (Lipinski definition) is 5. The van der Waals surface area contributed by atoms with E-state index in [2.05, 4.69) is 5.32 Å². The van der Waals surface area contributed by atoms with Gasteiger partial charge in [-0.2, -0.15) is 0 Å². The van der Waals surface area contributed by atoms with Crippen molar-refractivity contribution in [2.75, 3.05) is 26.2 Å². The van der Waals surface area contributed by atoms with Crippen LogP contribution in [0.1, 0.15) is 23.2 Å². The molecule has 0 atom stereocenters. The Bertz CT molecular complexity index is 701. The topological polar surface area (TPSA) is 119 Å². The van der Waals surface area contributed by atoms with E-state index in [1.54, 1.807) is 0 Å². The van der Waals surface area contributed by atoms with E-state index >= 15 is 0 Å². The molecule has 1 fully saturated rings. The average molecular weight is 365 g/mol. The third kappa shape index (κ3) is 5.27.